The quantitative estimate of drug-likeness (QED) is 0.650. The van der Waals surface area contributed by atoms with Gasteiger partial charge < -0.3 is 0 Å². The molecule has 0 aliphatic carbocycles. The van der Waals surface area contributed by atoms with E-state index in [0.717, 1.165) is 31.2 Å². The lowest BCUT2D eigenvalue weighted by Gasteiger charge is -2.10. The van der Waals surface area contributed by atoms with E-state index >= 15 is 0 Å². The number of carbonyl (C=O) groups excluding carboxylic acids is 1. The molecule has 0 bridgehead atoms. The number of hydrogen-bond donors (Lipinski definition) is 0. The predicted octanol–water partition coefficient (Wildman–Crippen LogP) is 5.17. The Morgan fingerprint density at radius 3 is 2.32 bits per heavy atom. The SMILES string of the molecule is CCCCc1cc2ccccc2cc1C(=O)CCC. The van der Waals surface area contributed by atoms with Crippen LogP contribution in [0.3, 0.4) is 0 Å². The predicted molar refractivity (Wildman–Crippen MR) is 81.8 cm³/mol. The maximum Gasteiger partial charge on any atom is 0.163 e. The van der Waals surface area contributed by atoms with Gasteiger partial charge in [-0.05, 0) is 41.7 Å². The molecule has 0 fully saturated rings. The van der Waals surface area contributed by atoms with Crippen LogP contribution in [0.25, 0.3) is 10.8 Å². The Morgan fingerprint density at radius 1 is 1.00 bits per heavy atom. The third-order valence-electron chi connectivity index (χ3n) is 3.55. The van der Waals surface area contributed by atoms with Crippen molar-refractivity contribution in [2.24, 2.45) is 0 Å². The average molecular weight is 254 g/mol. The van der Waals surface area contributed by atoms with Gasteiger partial charge in [0.2, 0.25) is 0 Å². The summed E-state index contributed by atoms with van der Waals surface area (Å²) in [5.41, 5.74) is 2.16. The number of fused-ring (bicyclic) bond motifs is 1. The van der Waals surface area contributed by atoms with E-state index in [9.17, 15) is 4.79 Å². The van der Waals surface area contributed by atoms with E-state index in [0.29, 0.717) is 12.2 Å². The molecule has 0 N–H and O–H groups in total. The molecular formula is C18H22O. The molecule has 19 heavy (non-hydrogen) atoms. The van der Waals surface area contributed by atoms with Crippen LogP contribution in [-0.2, 0) is 6.42 Å². The van der Waals surface area contributed by atoms with Gasteiger partial charge in [0.05, 0.1) is 0 Å². The van der Waals surface area contributed by atoms with Gasteiger partial charge in [-0.15, -0.1) is 0 Å². The number of hydrogen-bond acceptors (Lipinski definition) is 1. The number of ketones is 1. The van der Waals surface area contributed by atoms with Crippen LogP contribution in [-0.4, -0.2) is 5.78 Å². The van der Waals surface area contributed by atoms with Crippen molar-refractivity contribution in [2.75, 3.05) is 0 Å². The Balaban J connectivity index is 2.47. The third-order valence-corrected chi connectivity index (χ3v) is 3.55. The molecule has 1 heteroatoms. The van der Waals surface area contributed by atoms with Gasteiger partial charge in [-0.1, -0.05) is 50.6 Å². The van der Waals surface area contributed by atoms with Crippen molar-refractivity contribution in [2.45, 2.75) is 46.0 Å². The number of rotatable bonds is 6. The zero-order valence-corrected chi connectivity index (χ0v) is 11.9. The summed E-state index contributed by atoms with van der Waals surface area (Å²) < 4.78 is 0. The summed E-state index contributed by atoms with van der Waals surface area (Å²) >= 11 is 0. The lowest BCUT2D eigenvalue weighted by Crippen LogP contribution is -2.04. The Bertz CT molecular complexity index is 569. The first kappa shape index (κ1) is 13.8. The van der Waals surface area contributed by atoms with E-state index in [4.69, 9.17) is 0 Å². The van der Waals surface area contributed by atoms with Crippen LogP contribution in [0, 0.1) is 0 Å². The summed E-state index contributed by atoms with van der Waals surface area (Å²) in [4.78, 5) is 12.3. The molecule has 0 amide bonds. The first-order valence-electron chi connectivity index (χ1n) is 7.31. The Kier molecular flexibility index (Phi) is 4.73. The molecule has 2 aromatic carbocycles. The third kappa shape index (κ3) is 3.23. The van der Waals surface area contributed by atoms with Gasteiger partial charge >= 0.3 is 0 Å². The molecule has 2 rings (SSSR count). The van der Waals surface area contributed by atoms with Crippen LogP contribution in [0.2, 0.25) is 0 Å². The lowest BCUT2D eigenvalue weighted by atomic mass is 9.93. The molecule has 1 nitrogen and oxygen atoms in total. The summed E-state index contributed by atoms with van der Waals surface area (Å²) in [6.07, 6.45) is 4.88. The van der Waals surface area contributed by atoms with E-state index < -0.39 is 0 Å². The van der Waals surface area contributed by atoms with Crippen LogP contribution in [0.1, 0.15) is 55.5 Å². The number of aryl methyl sites for hydroxylation is 1. The van der Waals surface area contributed by atoms with E-state index in [2.05, 4.69) is 44.2 Å². The highest BCUT2D eigenvalue weighted by molar-refractivity contribution is 6.01. The van der Waals surface area contributed by atoms with Gasteiger partial charge in [0.1, 0.15) is 0 Å². The van der Waals surface area contributed by atoms with Crippen molar-refractivity contribution in [3.63, 3.8) is 0 Å². The Morgan fingerprint density at radius 2 is 1.68 bits per heavy atom. The molecular weight excluding hydrogens is 232 g/mol. The van der Waals surface area contributed by atoms with Crippen LogP contribution in [0.4, 0.5) is 0 Å². The fraction of sp³-hybridized carbons (Fsp3) is 0.389. The van der Waals surface area contributed by atoms with Gasteiger partial charge in [0.15, 0.2) is 5.78 Å². The van der Waals surface area contributed by atoms with Crippen molar-refractivity contribution in [3.8, 4) is 0 Å². The Hall–Kier alpha value is -1.63. The van der Waals surface area contributed by atoms with Crippen molar-refractivity contribution >= 4 is 16.6 Å². The Labute approximate surface area is 115 Å². The van der Waals surface area contributed by atoms with Gasteiger partial charge in [-0.25, -0.2) is 0 Å². The van der Waals surface area contributed by atoms with E-state index in [1.165, 1.54) is 16.3 Å². The summed E-state index contributed by atoms with van der Waals surface area (Å²) in [5, 5.41) is 2.41. The highest BCUT2D eigenvalue weighted by Gasteiger charge is 2.11. The van der Waals surface area contributed by atoms with E-state index in [-0.39, 0.29) is 0 Å². The van der Waals surface area contributed by atoms with Crippen LogP contribution < -0.4 is 0 Å². The van der Waals surface area contributed by atoms with Gasteiger partial charge in [0.25, 0.3) is 0 Å². The minimum atomic E-state index is 0.291. The standard InChI is InChI=1S/C18H22O/c1-3-5-9-16-12-14-10-6-7-11-15(14)13-17(16)18(19)8-4-2/h6-7,10-13H,3-5,8-9H2,1-2H3. The van der Waals surface area contributed by atoms with Crippen LogP contribution in [0.15, 0.2) is 36.4 Å². The number of Topliss-reactive ketones (excluding diaryl/α,β-unsaturated/α-hetero) is 1. The molecule has 0 aromatic heterocycles. The summed E-state index contributed by atoms with van der Waals surface area (Å²) in [7, 11) is 0. The van der Waals surface area contributed by atoms with Crippen molar-refractivity contribution in [1.29, 1.82) is 0 Å². The maximum absolute atomic E-state index is 12.3. The minimum absolute atomic E-state index is 0.291. The fourth-order valence-corrected chi connectivity index (χ4v) is 2.48. The summed E-state index contributed by atoms with van der Waals surface area (Å²) in [6, 6.07) is 12.6. The fourth-order valence-electron chi connectivity index (χ4n) is 2.48. The molecule has 0 heterocycles. The minimum Gasteiger partial charge on any atom is -0.294 e. The van der Waals surface area contributed by atoms with Gasteiger partial charge in [-0.2, -0.15) is 0 Å². The molecule has 0 aliphatic heterocycles. The monoisotopic (exact) mass is 254 g/mol. The molecule has 0 saturated heterocycles. The largest absolute Gasteiger partial charge is 0.294 e. The number of benzene rings is 2. The van der Waals surface area contributed by atoms with Gasteiger partial charge in [-0.3, -0.25) is 4.79 Å². The number of carbonyl (C=O) groups is 1. The molecule has 100 valence electrons. The zero-order valence-electron chi connectivity index (χ0n) is 11.9. The second-order valence-corrected chi connectivity index (χ2v) is 5.13. The highest BCUT2D eigenvalue weighted by Crippen LogP contribution is 2.23. The molecule has 0 atom stereocenters. The zero-order chi connectivity index (χ0) is 13.7. The molecule has 0 radical (unpaired) electrons. The van der Waals surface area contributed by atoms with Crippen molar-refractivity contribution < 1.29 is 4.79 Å². The molecule has 2 aromatic rings. The second-order valence-electron chi connectivity index (χ2n) is 5.13. The summed E-state index contributed by atoms with van der Waals surface area (Å²) in [5.74, 6) is 0.291. The number of unbranched alkanes of at least 4 members (excludes halogenated alkanes) is 1. The van der Waals surface area contributed by atoms with Crippen molar-refractivity contribution in [1.82, 2.24) is 0 Å². The molecule has 0 unspecified atom stereocenters. The van der Waals surface area contributed by atoms with Crippen LogP contribution >= 0.6 is 0 Å². The van der Waals surface area contributed by atoms with E-state index in [1.807, 2.05) is 6.07 Å². The normalized spacial score (nSPS) is 10.8. The average Bonchev–Trinajstić information content (AvgIpc) is 2.44. The lowest BCUT2D eigenvalue weighted by molar-refractivity contribution is 0.0981. The second kappa shape index (κ2) is 6.51. The molecule has 0 spiro atoms. The molecule has 0 aliphatic rings. The first-order valence-corrected chi connectivity index (χ1v) is 7.31. The van der Waals surface area contributed by atoms with Gasteiger partial charge in [0, 0.05) is 12.0 Å². The van der Waals surface area contributed by atoms with Crippen LogP contribution in [0.5, 0.6) is 0 Å². The topological polar surface area (TPSA) is 17.1 Å². The smallest absolute Gasteiger partial charge is 0.163 e. The molecule has 0 saturated carbocycles. The highest BCUT2D eigenvalue weighted by atomic mass is 16.1. The summed E-state index contributed by atoms with van der Waals surface area (Å²) in [6.45, 7) is 4.25. The first-order chi connectivity index (χ1) is 9.26. The van der Waals surface area contributed by atoms with E-state index in [1.54, 1.807) is 0 Å². The van der Waals surface area contributed by atoms with Crippen molar-refractivity contribution in [3.05, 3.63) is 47.5 Å². The maximum atomic E-state index is 12.3.